The summed E-state index contributed by atoms with van der Waals surface area (Å²) >= 11 is 0. The van der Waals surface area contributed by atoms with Crippen LogP contribution in [0.2, 0.25) is 0 Å². The van der Waals surface area contributed by atoms with Crippen LogP contribution < -0.4 is 5.43 Å². The molecule has 1 aromatic carbocycles. The molecular formula is C18H17F3N2O4. The number of halogens is 3. The second-order valence-electron chi connectivity index (χ2n) is 6.35. The number of carbonyl (C=O) groups excluding carboxylic acids is 2. The molecule has 0 unspecified atom stereocenters. The minimum Gasteiger partial charge on any atom is -0.469 e. The van der Waals surface area contributed by atoms with E-state index in [1.54, 1.807) is 0 Å². The summed E-state index contributed by atoms with van der Waals surface area (Å²) < 4.78 is 44.0. The Morgan fingerprint density at radius 3 is 2.48 bits per heavy atom. The molecule has 9 heteroatoms. The summed E-state index contributed by atoms with van der Waals surface area (Å²) in [6.07, 6.45) is -2.79. The van der Waals surface area contributed by atoms with Crippen molar-refractivity contribution in [2.24, 2.45) is 5.92 Å². The van der Waals surface area contributed by atoms with Crippen molar-refractivity contribution in [2.45, 2.75) is 19.0 Å². The summed E-state index contributed by atoms with van der Waals surface area (Å²) in [7, 11) is 1.30. The number of nitrogens with one attached hydrogen (secondary N) is 1. The number of methoxy groups -OCH3 is 1. The van der Waals surface area contributed by atoms with E-state index in [-0.39, 0.29) is 41.4 Å². The van der Waals surface area contributed by atoms with Crippen LogP contribution in [-0.4, -0.2) is 42.0 Å². The summed E-state index contributed by atoms with van der Waals surface area (Å²) in [5.74, 6) is -1.22. The first-order chi connectivity index (χ1) is 12.7. The standard InChI is InChI=1S/C18H17F3N2O4/c1-27-17(26)10-5-7-23(8-6-10)16(25)12-9-22-14-11(15(12)24)3-2-4-13(14)18(19,20)21/h2-4,9-10H,5-8H2,1H3,(H,22,24). The second kappa shape index (κ2) is 7.05. The van der Waals surface area contributed by atoms with Crippen LogP contribution in [0.3, 0.4) is 0 Å². The van der Waals surface area contributed by atoms with Gasteiger partial charge in [-0.15, -0.1) is 0 Å². The number of alkyl halides is 3. The van der Waals surface area contributed by atoms with Gasteiger partial charge in [-0.25, -0.2) is 0 Å². The maximum atomic E-state index is 13.1. The Labute approximate surface area is 151 Å². The Morgan fingerprint density at radius 1 is 1.22 bits per heavy atom. The maximum Gasteiger partial charge on any atom is 0.418 e. The lowest BCUT2D eigenvalue weighted by molar-refractivity contribution is -0.146. The number of aromatic amines is 1. The van der Waals surface area contributed by atoms with Gasteiger partial charge in [-0.3, -0.25) is 14.4 Å². The van der Waals surface area contributed by atoms with Crippen molar-refractivity contribution < 1.29 is 27.5 Å². The molecule has 27 heavy (non-hydrogen) atoms. The number of nitrogens with zero attached hydrogens (tertiary/aromatic N) is 1. The fourth-order valence-electron chi connectivity index (χ4n) is 3.30. The van der Waals surface area contributed by atoms with Crippen LogP contribution >= 0.6 is 0 Å². The number of amides is 1. The highest BCUT2D eigenvalue weighted by molar-refractivity contribution is 5.97. The molecule has 3 rings (SSSR count). The third-order valence-corrected chi connectivity index (χ3v) is 4.77. The molecule has 1 aliphatic heterocycles. The summed E-state index contributed by atoms with van der Waals surface area (Å²) in [6.45, 7) is 0.525. The molecule has 1 saturated heterocycles. The number of H-pyrrole nitrogens is 1. The number of carbonyl (C=O) groups is 2. The predicted molar refractivity (Wildman–Crippen MR) is 90.2 cm³/mol. The average Bonchev–Trinajstić information content (AvgIpc) is 2.66. The zero-order chi connectivity index (χ0) is 19.8. The number of hydrogen-bond donors (Lipinski definition) is 1. The van der Waals surface area contributed by atoms with E-state index in [1.807, 2.05) is 0 Å². The minimum absolute atomic E-state index is 0.194. The molecule has 0 spiro atoms. The first-order valence-corrected chi connectivity index (χ1v) is 8.32. The van der Waals surface area contributed by atoms with Crippen molar-refractivity contribution in [1.82, 2.24) is 9.88 Å². The Morgan fingerprint density at radius 2 is 1.89 bits per heavy atom. The van der Waals surface area contributed by atoms with E-state index in [4.69, 9.17) is 0 Å². The van der Waals surface area contributed by atoms with Gasteiger partial charge in [0.2, 0.25) is 5.43 Å². The number of esters is 1. The molecule has 1 fully saturated rings. The van der Waals surface area contributed by atoms with Crippen LogP contribution in [-0.2, 0) is 15.7 Å². The molecule has 0 aliphatic carbocycles. The summed E-state index contributed by atoms with van der Waals surface area (Å²) in [4.78, 5) is 40.7. The predicted octanol–water partition coefficient (Wildman–Crippen LogP) is 2.57. The van der Waals surface area contributed by atoms with Crippen molar-refractivity contribution in [3.63, 3.8) is 0 Å². The number of benzene rings is 1. The van der Waals surface area contributed by atoms with Gasteiger partial charge in [0.15, 0.2) is 0 Å². The largest absolute Gasteiger partial charge is 0.469 e. The van der Waals surface area contributed by atoms with Crippen LogP contribution in [0, 0.1) is 5.92 Å². The van der Waals surface area contributed by atoms with Gasteiger partial charge in [0, 0.05) is 24.7 Å². The van der Waals surface area contributed by atoms with E-state index in [2.05, 4.69) is 9.72 Å². The zero-order valence-corrected chi connectivity index (χ0v) is 14.4. The van der Waals surface area contributed by atoms with Gasteiger partial charge in [0.25, 0.3) is 5.91 Å². The first-order valence-electron chi connectivity index (χ1n) is 8.32. The highest BCUT2D eigenvalue weighted by Gasteiger charge is 2.34. The van der Waals surface area contributed by atoms with Crippen LogP contribution in [0.5, 0.6) is 0 Å². The summed E-state index contributed by atoms with van der Waals surface area (Å²) in [5.41, 5.74) is -2.29. The number of rotatable bonds is 2. The van der Waals surface area contributed by atoms with E-state index in [9.17, 15) is 27.6 Å². The molecule has 1 N–H and O–H groups in total. The molecule has 0 radical (unpaired) electrons. The van der Waals surface area contributed by atoms with Crippen LogP contribution in [0.4, 0.5) is 13.2 Å². The molecule has 0 bridgehead atoms. The van der Waals surface area contributed by atoms with Crippen LogP contribution in [0.15, 0.2) is 29.2 Å². The third kappa shape index (κ3) is 3.54. The lowest BCUT2D eigenvalue weighted by Gasteiger charge is -2.30. The molecule has 6 nitrogen and oxygen atoms in total. The van der Waals surface area contributed by atoms with Gasteiger partial charge in [-0.1, -0.05) is 6.07 Å². The zero-order valence-electron chi connectivity index (χ0n) is 14.4. The van der Waals surface area contributed by atoms with Crippen LogP contribution in [0.25, 0.3) is 10.9 Å². The fourth-order valence-corrected chi connectivity index (χ4v) is 3.30. The third-order valence-electron chi connectivity index (χ3n) is 4.77. The number of fused-ring (bicyclic) bond motifs is 1. The van der Waals surface area contributed by atoms with Crippen molar-refractivity contribution in [1.29, 1.82) is 0 Å². The number of piperidine rings is 1. The Hall–Kier alpha value is -2.84. The Kier molecular flexibility index (Phi) is 4.95. The Bertz CT molecular complexity index is 944. The smallest absolute Gasteiger partial charge is 0.418 e. The molecular weight excluding hydrogens is 365 g/mol. The number of hydrogen-bond acceptors (Lipinski definition) is 4. The minimum atomic E-state index is -4.62. The Balaban J connectivity index is 1.90. The van der Waals surface area contributed by atoms with Gasteiger partial charge in [0.1, 0.15) is 5.56 Å². The van der Waals surface area contributed by atoms with Gasteiger partial charge >= 0.3 is 12.1 Å². The van der Waals surface area contributed by atoms with Gasteiger partial charge in [-0.05, 0) is 25.0 Å². The monoisotopic (exact) mass is 382 g/mol. The average molecular weight is 382 g/mol. The van der Waals surface area contributed by atoms with Gasteiger partial charge in [-0.2, -0.15) is 13.2 Å². The number of pyridine rings is 1. The molecule has 144 valence electrons. The molecule has 1 aromatic heterocycles. The van der Waals surface area contributed by atoms with Crippen molar-refractivity contribution in [3.8, 4) is 0 Å². The number of likely N-dealkylation sites (tertiary alicyclic amines) is 1. The lowest BCUT2D eigenvalue weighted by atomic mass is 9.96. The second-order valence-corrected chi connectivity index (χ2v) is 6.35. The van der Waals surface area contributed by atoms with Gasteiger partial charge < -0.3 is 14.6 Å². The SMILES string of the molecule is COC(=O)C1CCN(C(=O)c2c[nH]c3c(C(F)(F)F)cccc3c2=O)CC1. The summed E-state index contributed by atoms with van der Waals surface area (Å²) in [5, 5.41) is -0.194. The van der Waals surface area contributed by atoms with E-state index >= 15 is 0 Å². The topological polar surface area (TPSA) is 79.5 Å². The molecule has 2 heterocycles. The number of para-hydroxylation sites is 1. The molecule has 1 aliphatic rings. The van der Waals surface area contributed by atoms with E-state index in [1.165, 1.54) is 18.1 Å². The number of aromatic nitrogens is 1. The van der Waals surface area contributed by atoms with E-state index < -0.39 is 23.1 Å². The summed E-state index contributed by atoms with van der Waals surface area (Å²) in [6, 6.07) is 3.26. The molecule has 0 saturated carbocycles. The van der Waals surface area contributed by atoms with Crippen molar-refractivity contribution in [3.05, 3.63) is 45.7 Å². The van der Waals surface area contributed by atoms with Crippen molar-refractivity contribution >= 4 is 22.8 Å². The normalized spacial score (nSPS) is 15.8. The highest BCUT2D eigenvalue weighted by atomic mass is 19.4. The molecule has 0 atom stereocenters. The fraction of sp³-hybridized carbons (Fsp3) is 0.389. The van der Waals surface area contributed by atoms with E-state index in [0.29, 0.717) is 12.8 Å². The lowest BCUT2D eigenvalue weighted by Crippen LogP contribution is -2.42. The van der Waals surface area contributed by atoms with Gasteiger partial charge in [0.05, 0.1) is 24.1 Å². The van der Waals surface area contributed by atoms with Crippen LogP contribution in [0.1, 0.15) is 28.8 Å². The molecule has 2 aromatic rings. The first kappa shape index (κ1) is 18.9. The number of ether oxygens (including phenoxy) is 1. The quantitative estimate of drug-likeness (QED) is 0.810. The highest BCUT2D eigenvalue weighted by Crippen LogP contribution is 2.33. The molecule has 1 amide bonds. The van der Waals surface area contributed by atoms with E-state index in [0.717, 1.165) is 18.3 Å². The maximum absolute atomic E-state index is 13.1. The van der Waals surface area contributed by atoms with Crippen molar-refractivity contribution in [2.75, 3.05) is 20.2 Å².